The molecule has 1 aliphatic carbocycles. The summed E-state index contributed by atoms with van der Waals surface area (Å²) in [5.41, 5.74) is 3.06. The van der Waals surface area contributed by atoms with Crippen LogP contribution in [0.1, 0.15) is 60.3 Å². The first-order valence-electron chi connectivity index (χ1n) is 6.96. The zero-order chi connectivity index (χ0) is 13.1. The van der Waals surface area contributed by atoms with E-state index in [4.69, 9.17) is 10.6 Å². The van der Waals surface area contributed by atoms with Crippen molar-refractivity contribution in [1.82, 2.24) is 5.43 Å². The summed E-state index contributed by atoms with van der Waals surface area (Å²) >= 11 is 0. The minimum Gasteiger partial charge on any atom is -0.374 e. The highest BCUT2D eigenvalue weighted by Gasteiger charge is 2.47. The standard InChI is InChI=1S/C14H30N2O/c1-6-17-14(9-7-8-11(2)10-14)12(16-15)13(3,4)5/h11-12,16H,6-10,15H2,1-5H3. The fourth-order valence-corrected chi connectivity index (χ4v) is 3.50. The molecule has 17 heavy (non-hydrogen) atoms. The Balaban J connectivity index is 2.95. The van der Waals surface area contributed by atoms with Crippen LogP contribution in [0.25, 0.3) is 0 Å². The minimum absolute atomic E-state index is 0.0839. The van der Waals surface area contributed by atoms with Crippen LogP contribution < -0.4 is 11.3 Å². The van der Waals surface area contributed by atoms with E-state index in [1.165, 1.54) is 12.8 Å². The molecule has 0 saturated heterocycles. The van der Waals surface area contributed by atoms with Crippen LogP contribution in [0.3, 0.4) is 0 Å². The van der Waals surface area contributed by atoms with Gasteiger partial charge < -0.3 is 4.74 Å². The summed E-state index contributed by atoms with van der Waals surface area (Å²) in [6.45, 7) is 11.9. The molecule has 0 aromatic heterocycles. The molecule has 0 spiro atoms. The minimum atomic E-state index is -0.0839. The number of nitrogens with one attached hydrogen (secondary N) is 1. The van der Waals surface area contributed by atoms with Crippen molar-refractivity contribution < 1.29 is 4.74 Å². The first-order chi connectivity index (χ1) is 7.85. The van der Waals surface area contributed by atoms with Crippen LogP contribution in [0.5, 0.6) is 0 Å². The average Bonchev–Trinajstić information content (AvgIpc) is 2.16. The Hall–Kier alpha value is -0.120. The van der Waals surface area contributed by atoms with E-state index in [1.807, 2.05) is 0 Å². The first kappa shape index (κ1) is 14.9. The van der Waals surface area contributed by atoms with Crippen LogP contribution in [-0.2, 0) is 4.74 Å². The third-order valence-corrected chi connectivity index (χ3v) is 3.98. The van der Waals surface area contributed by atoms with Crippen molar-refractivity contribution in [3.8, 4) is 0 Å². The SMILES string of the molecule is CCOC1(C(NN)C(C)(C)C)CCCC(C)C1. The Morgan fingerprint density at radius 1 is 1.47 bits per heavy atom. The highest BCUT2D eigenvalue weighted by molar-refractivity contribution is 5.01. The fourth-order valence-electron chi connectivity index (χ4n) is 3.50. The fraction of sp³-hybridized carbons (Fsp3) is 1.00. The number of nitrogens with two attached hydrogens (primary N) is 1. The molecule has 1 rings (SSSR count). The lowest BCUT2D eigenvalue weighted by molar-refractivity contribution is -0.122. The largest absolute Gasteiger partial charge is 0.374 e. The van der Waals surface area contributed by atoms with Crippen molar-refractivity contribution >= 4 is 0 Å². The third-order valence-electron chi connectivity index (χ3n) is 3.98. The number of rotatable bonds is 4. The van der Waals surface area contributed by atoms with Gasteiger partial charge in [0.05, 0.1) is 11.6 Å². The van der Waals surface area contributed by atoms with Gasteiger partial charge in [-0.2, -0.15) is 0 Å². The van der Waals surface area contributed by atoms with E-state index in [9.17, 15) is 0 Å². The Bertz CT molecular complexity index is 233. The third kappa shape index (κ3) is 3.43. The summed E-state index contributed by atoms with van der Waals surface area (Å²) in [4.78, 5) is 0. The van der Waals surface area contributed by atoms with Crippen molar-refractivity contribution in [3.05, 3.63) is 0 Å². The molecule has 102 valence electrons. The van der Waals surface area contributed by atoms with Gasteiger partial charge in [-0.05, 0) is 31.1 Å². The van der Waals surface area contributed by atoms with Crippen LogP contribution in [0.4, 0.5) is 0 Å². The number of ether oxygens (including phenoxy) is 1. The molecule has 0 bridgehead atoms. The predicted octanol–water partition coefficient (Wildman–Crippen LogP) is 2.85. The van der Waals surface area contributed by atoms with Gasteiger partial charge >= 0.3 is 0 Å². The highest BCUT2D eigenvalue weighted by atomic mass is 16.5. The summed E-state index contributed by atoms with van der Waals surface area (Å²) < 4.78 is 6.18. The Labute approximate surface area is 106 Å². The summed E-state index contributed by atoms with van der Waals surface area (Å²) in [7, 11) is 0. The molecule has 1 fully saturated rings. The van der Waals surface area contributed by atoms with Gasteiger partial charge in [0.15, 0.2) is 0 Å². The maximum Gasteiger partial charge on any atom is 0.0855 e. The number of hydrazine groups is 1. The van der Waals surface area contributed by atoms with Gasteiger partial charge in [-0.1, -0.05) is 40.5 Å². The summed E-state index contributed by atoms with van der Waals surface area (Å²) in [5, 5.41) is 0. The first-order valence-corrected chi connectivity index (χ1v) is 6.96. The van der Waals surface area contributed by atoms with Gasteiger partial charge in [0, 0.05) is 6.61 Å². The van der Waals surface area contributed by atoms with E-state index in [1.54, 1.807) is 0 Å². The lowest BCUT2D eigenvalue weighted by Gasteiger charge is -2.49. The van der Waals surface area contributed by atoms with Gasteiger partial charge in [0.25, 0.3) is 0 Å². The highest BCUT2D eigenvalue weighted by Crippen LogP contribution is 2.42. The molecule has 0 aromatic rings. The van der Waals surface area contributed by atoms with Crippen LogP contribution >= 0.6 is 0 Å². The van der Waals surface area contributed by atoms with Gasteiger partial charge in [-0.3, -0.25) is 11.3 Å². The molecule has 3 unspecified atom stereocenters. The molecule has 1 aliphatic rings. The average molecular weight is 242 g/mol. The van der Waals surface area contributed by atoms with Crippen LogP contribution in [0.15, 0.2) is 0 Å². The van der Waals surface area contributed by atoms with Gasteiger partial charge in [-0.25, -0.2) is 0 Å². The molecule has 0 radical (unpaired) electrons. The second-order valence-electron chi connectivity index (χ2n) is 6.67. The van der Waals surface area contributed by atoms with E-state index < -0.39 is 0 Å². The van der Waals surface area contributed by atoms with E-state index in [0.29, 0.717) is 0 Å². The number of hydrogen-bond acceptors (Lipinski definition) is 3. The molecule has 3 nitrogen and oxygen atoms in total. The normalized spacial score (nSPS) is 32.5. The van der Waals surface area contributed by atoms with Crippen molar-refractivity contribution in [1.29, 1.82) is 0 Å². The maximum atomic E-state index is 6.18. The molecule has 0 amide bonds. The molecule has 0 aliphatic heterocycles. The van der Waals surface area contributed by atoms with E-state index in [2.05, 4.69) is 40.0 Å². The molecule has 1 saturated carbocycles. The van der Waals surface area contributed by atoms with Crippen molar-refractivity contribution in [3.63, 3.8) is 0 Å². The second kappa shape index (κ2) is 5.68. The summed E-state index contributed by atoms with van der Waals surface area (Å²) in [6, 6.07) is 0.206. The predicted molar refractivity (Wildman–Crippen MR) is 72.6 cm³/mol. The second-order valence-corrected chi connectivity index (χ2v) is 6.67. The topological polar surface area (TPSA) is 47.3 Å². The molecule has 0 aromatic carbocycles. The lowest BCUT2D eigenvalue weighted by Crippen LogP contribution is -2.62. The summed E-state index contributed by atoms with van der Waals surface area (Å²) in [5.74, 6) is 6.55. The van der Waals surface area contributed by atoms with Crippen molar-refractivity contribution in [2.45, 2.75) is 71.9 Å². The lowest BCUT2D eigenvalue weighted by atomic mass is 9.67. The Morgan fingerprint density at radius 3 is 2.53 bits per heavy atom. The molecular weight excluding hydrogens is 212 g/mol. The van der Waals surface area contributed by atoms with Crippen LogP contribution in [0, 0.1) is 11.3 Å². The molecule has 3 heteroatoms. The van der Waals surface area contributed by atoms with Gasteiger partial charge in [-0.15, -0.1) is 0 Å². The van der Waals surface area contributed by atoms with E-state index in [-0.39, 0.29) is 17.1 Å². The Kier molecular flexibility index (Phi) is 4.99. The van der Waals surface area contributed by atoms with Crippen molar-refractivity contribution in [2.24, 2.45) is 17.2 Å². The number of hydrogen-bond donors (Lipinski definition) is 2. The quantitative estimate of drug-likeness (QED) is 0.588. The maximum absolute atomic E-state index is 6.18. The van der Waals surface area contributed by atoms with Crippen LogP contribution in [0.2, 0.25) is 0 Å². The molecule has 3 N–H and O–H groups in total. The molecule has 0 heterocycles. The molecule has 3 atom stereocenters. The van der Waals surface area contributed by atoms with Gasteiger partial charge in [0.2, 0.25) is 0 Å². The molecular formula is C14H30N2O. The summed E-state index contributed by atoms with van der Waals surface area (Å²) in [6.07, 6.45) is 4.80. The van der Waals surface area contributed by atoms with E-state index in [0.717, 1.165) is 25.4 Å². The zero-order valence-corrected chi connectivity index (χ0v) is 12.2. The monoisotopic (exact) mass is 242 g/mol. The van der Waals surface area contributed by atoms with Crippen LogP contribution in [-0.4, -0.2) is 18.2 Å². The van der Waals surface area contributed by atoms with E-state index >= 15 is 0 Å². The van der Waals surface area contributed by atoms with Crippen molar-refractivity contribution in [2.75, 3.05) is 6.61 Å². The van der Waals surface area contributed by atoms with Gasteiger partial charge in [0.1, 0.15) is 0 Å². The zero-order valence-electron chi connectivity index (χ0n) is 12.2. The Morgan fingerprint density at radius 2 is 2.12 bits per heavy atom. The smallest absolute Gasteiger partial charge is 0.0855 e.